The minimum atomic E-state index is -0.683. The first-order chi connectivity index (χ1) is 14.2. The van der Waals surface area contributed by atoms with Crippen molar-refractivity contribution in [2.24, 2.45) is 0 Å². The molecule has 0 saturated carbocycles. The summed E-state index contributed by atoms with van der Waals surface area (Å²) in [5, 5.41) is 1.95. The third-order valence-corrected chi connectivity index (χ3v) is 4.81. The number of hydrogen-bond acceptors (Lipinski definition) is 5. The average molecular weight is 381 g/mol. The van der Waals surface area contributed by atoms with E-state index in [0.717, 1.165) is 21.8 Å². The summed E-state index contributed by atoms with van der Waals surface area (Å²) >= 11 is 0. The van der Waals surface area contributed by atoms with Crippen LogP contribution in [0.15, 0.2) is 79.0 Å². The first kappa shape index (κ1) is 17.1. The molecule has 0 atom stereocenters. The number of nitrogens with zero attached hydrogens (tertiary/aromatic N) is 3. The second-order valence-electron chi connectivity index (χ2n) is 6.58. The molecule has 0 aliphatic rings. The number of para-hydroxylation sites is 4. The Balaban J connectivity index is 1.43. The zero-order valence-electron chi connectivity index (χ0n) is 15.3. The molecule has 0 bridgehead atoms. The van der Waals surface area contributed by atoms with Gasteiger partial charge in [0.25, 0.3) is 5.91 Å². The van der Waals surface area contributed by atoms with Crippen LogP contribution < -0.4 is 0 Å². The van der Waals surface area contributed by atoms with E-state index in [0.29, 0.717) is 11.0 Å². The van der Waals surface area contributed by atoms with Gasteiger partial charge in [-0.3, -0.25) is 14.3 Å². The fourth-order valence-electron chi connectivity index (χ4n) is 3.51. The number of rotatable bonds is 3. The monoisotopic (exact) mass is 381 g/mol. The molecule has 29 heavy (non-hydrogen) atoms. The molecule has 0 fully saturated rings. The van der Waals surface area contributed by atoms with Gasteiger partial charge >= 0.3 is 5.97 Å². The lowest BCUT2D eigenvalue weighted by molar-refractivity contribution is 0.0446. The van der Waals surface area contributed by atoms with Crippen LogP contribution in [0.2, 0.25) is 0 Å². The number of fused-ring (bicyclic) bond motifs is 4. The molecule has 0 spiro atoms. The number of benzene rings is 3. The van der Waals surface area contributed by atoms with Crippen LogP contribution in [0.5, 0.6) is 0 Å². The Kier molecular flexibility index (Phi) is 4.02. The highest BCUT2D eigenvalue weighted by Crippen LogP contribution is 2.28. The molecule has 0 unspecified atom stereocenters. The van der Waals surface area contributed by atoms with Crippen molar-refractivity contribution in [1.29, 1.82) is 0 Å². The lowest BCUT2D eigenvalue weighted by Crippen LogP contribution is -2.20. The van der Waals surface area contributed by atoms with E-state index >= 15 is 0 Å². The summed E-state index contributed by atoms with van der Waals surface area (Å²) < 4.78 is 6.84. The zero-order chi connectivity index (χ0) is 19.8. The topological polar surface area (TPSA) is 74.1 Å². The molecular weight excluding hydrogens is 366 g/mol. The molecule has 3 aromatic carbocycles. The van der Waals surface area contributed by atoms with E-state index < -0.39 is 12.6 Å². The van der Waals surface area contributed by atoms with Crippen LogP contribution in [0.25, 0.3) is 32.8 Å². The van der Waals surface area contributed by atoms with Crippen molar-refractivity contribution in [2.45, 2.75) is 0 Å². The van der Waals surface area contributed by atoms with Crippen molar-refractivity contribution in [3.8, 4) is 0 Å². The second kappa shape index (κ2) is 6.83. The summed E-state index contributed by atoms with van der Waals surface area (Å²) in [5.74, 6) is -1.01. The standard InChI is InChI=1S/C23H15N3O3/c27-22(14-29-23(28)19-13-24-17-9-3-4-10-18(17)25-19)26-20-11-5-1-7-15(20)16-8-2-6-12-21(16)26/h1-13H,14H2. The Hall–Kier alpha value is -4.06. The zero-order valence-corrected chi connectivity index (χ0v) is 15.3. The summed E-state index contributed by atoms with van der Waals surface area (Å²) in [6.45, 7) is -0.393. The molecule has 0 radical (unpaired) electrons. The first-order valence-corrected chi connectivity index (χ1v) is 9.13. The molecule has 5 rings (SSSR count). The van der Waals surface area contributed by atoms with Gasteiger partial charge in [-0.15, -0.1) is 0 Å². The number of carbonyl (C=O) groups is 2. The van der Waals surface area contributed by atoms with E-state index in [9.17, 15) is 9.59 Å². The van der Waals surface area contributed by atoms with Crippen LogP contribution in [0.1, 0.15) is 15.3 Å². The van der Waals surface area contributed by atoms with Crippen LogP contribution in [-0.2, 0) is 4.74 Å². The van der Waals surface area contributed by atoms with Crippen LogP contribution >= 0.6 is 0 Å². The molecule has 0 amide bonds. The van der Waals surface area contributed by atoms with Gasteiger partial charge in [0.15, 0.2) is 12.3 Å². The van der Waals surface area contributed by atoms with E-state index in [1.807, 2.05) is 66.7 Å². The minimum Gasteiger partial charge on any atom is -0.451 e. The highest BCUT2D eigenvalue weighted by molar-refractivity contribution is 6.13. The molecule has 6 heteroatoms. The van der Waals surface area contributed by atoms with Gasteiger partial charge < -0.3 is 4.74 Å². The van der Waals surface area contributed by atoms with Crippen LogP contribution in [0.4, 0.5) is 0 Å². The molecule has 140 valence electrons. The first-order valence-electron chi connectivity index (χ1n) is 9.13. The maximum absolute atomic E-state index is 12.9. The minimum absolute atomic E-state index is 0.0683. The highest BCUT2D eigenvalue weighted by Gasteiger charge is 2.18. The summed E-state index contributed by atoms with van der Waals surface area (Å²) in [6.07, 6.45) is 1.36. The largest absolute Gasteiger partial charge is 0.451 e. The normalized spacial score (nSPS) is 11.2. The number of aromatic nitrogens is 3. The van der Waals surface area contributed by atoms with Gasteiger partial charge in [-0.05, 0) is 24.3 Å². The smallest absolute Gasteiger partial charge is 0.359 e. The van der Waals surface area contributed by atoms with Crippen molar-refractivity contribution in [1.82, 2.24) is 14.5 Å². The number of hydrogen-bond donors (Lipinski definition) is 0. The molecule has 6 nitrogen and oxygen atoms in total. The SMILES string of the molecule is O=C(OCC(=O)n1c2ccccc2c2ccccc21)c1cnc2ccccc2n1. The Morgan fingerprint density at radius 3 is 2.07 bits per heavy atom. The highest BCUT2D eigenvalue weighted by atomic mass is 16.5. The van der Waals surface area contributed by atoms with E-state index in [-0.39, 0.29) is 11.6 Å². The Morgan fingerprint density at radius 1 is 0.793 bits per heavy atom. The fourth-order valence-corrected chi connectivity index (χ4v) is 3.51. The van der Waals surface area contributed by atoms with Crippen molar-refractivity contribution in [3.05, 3.63) is 84.7 Å². The maximum atomic E-state index is 12.9. The maximum Gasteiger partial charge on any atom is 0.359 e. The van der Waals surface area contributed by atoms with Crippen LogP contribution in [0.3, 0.4) is 0 Å². The van der Waals surface area contributed by atoms with Crippen molar-refractivity contribution < 1.29 is 14.3 Å². The predicted octanol–water partition coefficient (Wildman–Crippen LogP) is 4.23. The van der Waals surface area contributed by atoms with Crippen molar-refractivity contribution in [2.75, 3.05) is 6.61 Å². The van der Waals surface area contributed by atoms with Gasteiger partial charge in [0.2, 0.25) is 0 Å². The van der Waals surface area contributed by atoms with Gasteiger partial charge in [0.1, 0.15) is 0 Å². The van der Waals surface area contributed by atoms with E-state index in [2.05, 4.69) is 9.97 Å². The van der Waals surface area contributed by atoms with Crippen molar-refractivity contribution >= 4 is 44.7 Å². The third kappa shape index (κ3) is 2.91. The number of ether oxygens (including phenoxy) is 1. The van der Waals surface area contributed by atoms with Gasteiger partial charge in [0, 0.05) is 10.8 Å². The van der Waals surface area contributed by atoms with E-state index in [1.165, 1.54) is 6.20 Å². The average Bonchev–Trinajstić information content (AvgIpc) is 3.11. The number of carbonyl (C=O) groups excluding carboxylic acids is 2. The van der Waals surface area contributed by atoms with Crippen LogP contribution in [0, 0.1) is 0 Å². The molecule has 5 aromatic rings. The second-order valence-corrected chi connectivity index (χ2v) is 6.58. The Morgan fingerprint density at radius 2 is 1.38 bits per heavy atom. The summed E-state index contributed by atoms with van der Waals surface area (Å²) in [7, 11) is 0. The Bertz CT molecular complexity index is 1350. The quantitative estimate of drug-likeness (QED) is 0.437. The summed E-state index contributed by atoms with van der Waals surface area (Å²) in [6, 6.07) is 22.6. The van der Waals surface area contributed by atoms with E-state index in [1.54, 1.807) is 10.6 Å². The molecular formula is C23H15N3O3. The fraction of sp³-hybridized carbons (Fsp3) is 0.0435. The molecule has 0 aliphatic carbocycles. The van der Waals surface area contributed by atoms with E-state index in [4.69, 9.17) is 4.74 Å². The Labute approximate surface area is 165 Å². The van der Waals surface area contributed by atoms with Gasteiger partial charge in [0.05, 0.1) is 28.3 Å². The third-order valence-electron chi connectivity index (χ3n) is 4.81. The molecule has 0 saturated heterocycles. The lowest BCUT2D eigenvalue weighted by atomic mass is 10.2. The van der Waals surface area contributed by atoms with Gasteiger partial charge in [-0.1, -0.05) is 48.5 Å². The number of esters is 1. The molecule has 0 N–H and O–H groups in total. The lowest BCUT2D eigenvalue weighted by Gasteiger charge is -2.07. The summed E-state index contributed by atoms with van der Waals surface area (Å²) in [5.41, 5.74) is 2.90. The molecule has 0 aliphatic heterocycles. The van der Waals surface area contributed by atoms with Crippen LogP contribution in [-0.4, -0.2) is 33.0 Å². The molecule has 2 aromatic heterocycles. The van der Waals surface area contributed by atoms with Crippen molar-refractivity contribution in [3.63, 3.8) is 0 Å². The molecule has 2 heterocycles. The van der Waals surface area contributed by atoms with Gasteiger partial charge in [-0.25, -0.2) is 9.78 Å². The predicted molar refractivity (Wildman–Crippen MR) is 110 cm³/mol. The summed E-state index contributed by atoms with van der Waals surface area (Å²) in [4.78, 5) is 33.8. The van der Waals surface area contributed by atoms with Gasteiger partial charge in [-0.2, -0.15) is 0 Å².